The van der Waals surface area contributed by atoms with Gasteiger partial charge in [-0.05, 0) is 25.1 Å². The summed E-state index contributed by atoms with van der Waals surface area (Å²) in [4.78, 5) is 13.9. The van der Waals surface area contributed by atoms with Gasteiger partial charge in [0.15, 0.2) is 0 Å². The van der Waals surface area contributed by atoms with Gasteiger partial charge >= 0.3 is 0 Å². The van der Waals surface area contributed by atoms with Gasteiger partial charge in [0, 0.05) is 12.7 Å². The van der Waals surface area contributed by atoms with Crippen LogP contribution in [0.3, 0.4) is 0 Å². The van der Waals surface area contributed by atoms with Gasteiger partial charge in [0.05, 0.1) is 18.0 Å². The molecule has 19 heavy (non-hydrogen) atoms. The Labute approximate surface area is 113 Å². The predicted molar refractivity (Wildman–Crippen MR) is 73.8 cm³/mol. The molecule has 98 valence electrons. The van der Waals surface area contributed by atoms with Gasteiger partial charge in [-0.1, -0.05) is 30.3 Å². The molecule has 1 aliphatic heterocycles. The smallest absolute Gasteiger partial charge is 0.228 e. The zero-order chi connectivity index (χ0) is 13.7. The van der Waals surface area contributed by atoms with Crippen molar-refractivity contribution in [2.75, 3.05) is 13.6 Å². The van der Waals surface area contributed by atoms with Crippen molar-refractivity contribution in [3.63, 3.8) is 0 Å². The topological polar surface area (TPSA) is 56.1 Å². The van der Waals surface area contributed by atoms with E-state index in [1.807, 2.05) is 48.4 Å². The molecule has 0 radical (unpaired) electrons. The van der Waals surface area contributed by atoms with Crippen LogP contribution in [-0.2, 0) is 4.79 Å². The first kappa shape index (κ1) is 13.3. The van der Waals surface area contributed by atoms with Crippen LogP contribution in [-0.4, -0.2) is 30.4 Å². The zero-order valence-electron chi connectivity index (χ0n) is 10.9. The average Bonchev–Trinajstić information content (AvgIpc) is 2.81. The van der Waals surface area contributed by atoms with Crippen LogP contribution >= 0.6 is 0 Å². The molecule has 1 aliphatic rings. The second-order valence-corrected chi connectivity index (χ2v) is 4.77. The molecule has 2 unspecified atom stereocenters. The summed E-state index contributed by atoms with van der Waals surface area (Å²) in [5.74, 6) is -0.119. The van der Waals surface area contributed by atoms with Crippen LogP contribution in [0, 0.1) is 17.2 Å². The summed E-state index contributed by atoms with van der Waals surface area (Å²) in [6, 6.07) is 11.9. The van der Waals surface area contributed by atoms with E-state index in [0.29, 0.717) is 13.0 Å². The van der Waals surface area contributed by atoms with Crippen LogP contribution in [0.15, 0.2) is 36.5 Å². The molecule has 0 spiro atoms. The van der Waals surface area contributed by atoms with E-state index in [9.17, 15) is 4.79 Å². The predicted octanol–water partition coefficient (Wildman–Crippen LogP) is 1.62. The summed E-state index contributed by atoms with van der Waals surface area (Å²) in [5.41, 5.74) is 1.04. The molecular formula is C15H17N3O. The van der Waals surface area contributed by atoms with Crippen molar-refractivity contribution in [1.82, 2.24) is 10.2 Å². The molecule has 0 bridgehead atoms. The lowest BCUT2D eigenvalue weighted by atomic mass is 10.1. The van der Waals surface area contributed by atoms with Crippen LogP contribution in [0.2, 0.25) is 0 Å². The summed E-state index contributed by atoms with van der Waals surface area (Å²) in [6.45, 7) is 0.642. The fourth-order valence-electron chi connectivity index (χ4n) is 2.24. The molecule has 2 rings (SSSR count). The second kappa shape index (κ2) is 6.17. The van der Waals surface area contributed by atoms with Crippen molar-refractivity contribution in [3.8, 4) is 6.07 Å². The van der Waals surface area contributed by atoms with Gasteiger partial charge in [0.25, 0.3) is 0 Å². The Kier molecular flexibility index (Phi) is 4.32. The maximum absolute atomic E-state index is 11.9. The van der Waals surface area contributed by atoms with Gasteiger partial charge in [-0.3, -0.25) is 9.69 Å². The highest BCUT2D eigenvalue weighted by Gasteiger charge is 2.33. The molecule has 0 aromatic heterocycles. The van der Waals surface area contributed by atoms with Gasteiger partial charge in [-0.15, -0.1) is 0 Å². The number of amides is 1. The van der Waals surface area contributed by atoms with E-state index >= 15 is 0 Å². The second-order valence-electron chi connectivity index (χ2n) is 4.77. The van der Waals surface area contributed by atoms with E-state index in [2.05, 4.69) is 11.4 Å². The molecule has 1 saturated heterocycles. The van der Waals surface area contributed by atoms with Gasteiger partial charge in [-0.2, -0.15) is 5.26 Å². The van der Waals surface area contributed by atoms with Gasteiger partial charge in [0.1, 0.15) is 0 Å². The van der Waals surface area contributed by atoms with Crippen molar-refractivity contribution in [2.45, 2.75) is 12.5 Å². The SMILES string of the molecule is CN1CC(C(=O)N/C=C/c2ccccc2)CC1C#N. The van der Waals surface area contributed by atoms with Gasteiger partial charge < -0.3 is 5.32 Å². The normalized spacial score (nSPS) is 23.4. The number of hydrogen-bond donors (Lipinski definition) is 1. The Bertz CT molecular complexity index is 504. The van der Waals surface area contributed by atoms with E-state index in [4.69, 9.17) is 5.26 Å². The fraction of sp³-hybridized carbons (Fsp3) is 0.333. The number of hydrogen-bond acceptors (Lipinski definition) is 3. The van der Waals surface area contributed by atoms with Crippen molar-refractivity contribution >= 4 is 12.0 Å². The van der Waals surface area contributed by atoms with Crippen molar-refractivity contribution in [2.24, 2.45) is 5.92 Å². The molecular weight excluding hydrogens is 238 g/mol. The summed E-state index contributed by atoms with van der Waals surface area (Å²) in [5, 5.41) is 11.7. The maximum atomic E-state index is 11.9. The summed E-state index contributed by atoms with van der Waals surface area (Å²) < 4.78 is 0. The van der Waals surface area contributed by atoms with E-state index in [-0.39, 0.29) is 17.9 Å². The third-order valence-corrected chi connectivity index (χ3v) is 3.37. The van der Waals surface area contributed by atoms with E-state index in [1.54, 1.807) is 6.20 Å². The Morgan fingerprint density at radius 1 is 1.47 bits per heavy atom. The summed E-state index contributed by atoms with van der Waals surface area (Å²) in [6.07, 6.45) is 4.13. The number of carbonyl (C=O) groups excluding carboxylic acids is 1. The highest BCUT2D eigenvalue weighted by Crippen LogP contribution is 2.21. The molecule has 2 atom stereocenters. The molecule has 0 saturated carbocycles. The van der Waals surface area contributed by atoms with E-state index < -0.39 is 0 Å². The zero-order valence-corrected chi connectivity index (χ0v) is 10.9. The molecule has 1 amide bonds. The minimum Gasteiger partial charge on any atom is -0.332 e. The number of nitriles is 1. The average molecular weight is 255 g/mol. The van der Waals surface area contributed by atoms with Gasteiger partial charge in [0.2, 0.25) is 5.91 Å². The molecule has 1 fully saturated rings. The van der Waals surface area contributed by atoms with Crippen LogP contribution in [0.1, 0.15) is 12.0 Å². The highest BCUT2D eigenvalue weighted by molar-refractivity contribution is 5.81. The lowest BCUT2D eigenvalue weighted by molar-refractivity contribution is -0.123. The first-order valence-corrected chi connectivity index (χ1v) is 6.32. The van der Waals surface area contributed by atoms with Gasteiger partial charge in [-0.25, -0.2) is 0 Å². The fourth-order valence-corrected chi connectivity index (χ4v) is 2.24. The van der Waals surface area contributed by atoms with Crippen LogP contribution < -0.4 is 5.32 Å². The Balaban J connectivity index is 1.86. The molecule has 1 aromatic rings. The molecule has 1 heterocycles. The quantitative estimate of drug-likeness (QED) is 0.893. The molecule has 4 heteroatoms. The molecule has 4 nitrogen and oxygen atoms in total. The maximum Gasteiger partial charge on any atom is 0.228 e. The summed E-state index contributed by atoms with van der Waals surface area (Å²) in [7, 11) is 1.88. The first-order valence-electron chi connectivity index (χ1n) is 6.32. The van der Waals surface area contributed by atoms with Crippen molar-refractivity contribution in [1.29, 1.82) is 5.26 Å². The third-order valence-electron chi connectivity index (χ3n) is 3.37. The van der Waals surface area contributed by atoms with Crippen LogP contribution in [0.25, 0.3) is 6.08 Å². The standard InChI is InChI=1S/C15H17N3O/c1-18-11-13(9-14(18)10-16)15(19)17-8-7-12-5-3-2-4-6-12/h2-8,13-14H,9,11H2,1H3,(H,17,19)/b8-7+. The largest absolute Gasteiger partial charge is 0.332 e. The lowest BCUT2D eigenvalue weighted by Crippen LogP contribution is -2.28. The number of likely N-dealkylation sites (tertiary alicyclic amines) is 1. The van der Waals surface area contributed by atoms with Crippen LogP contribution in [0.5, 0.6) is 0 Å². The lowest BCUT2D eigenvalue weighted by Gasteiger charge is -2.10. The molecule has 0 aliphatic carbocycles. The number of nitrogens with one attached hydrogen (secondary N) is 1. The Morgan fingerprint density at radius 3 is 2.84 bits per heavy atom. The Morgan fingerprint density at radius 2 is 2.21 bits per heavy atom. The molecule has 1 aromatic carbocycles. The van der Waals surface area contributed by atoms with Crippen molar-refractivity contribution in [3.05, 3.63) is 42.1 Å². The van der Waals surface area contributed by atoms with E-state index in [1.165, 1.54) is 0 Å². The highest BCUT2D eigenvalue weighted by atomic mass is 16.1. The number of nitrogens with zero attached hydrogens (tertiary/aromatic N) is 2. The van der Waals surface area contributed by atoms with Crippen molar-refractivity contribution < 1.29 is 4.79 Å². The third kappa shape index (κ3) is 3.43. The van der Waals surface area contributed by atoms with Crippen LogP contribution in [0.4, 0.5) is 0 Å². The monoisotopic (exact) mass is 255 g/mol. The van der Waals surface area contributed by atoms with E-state index in [0.717, 1.165) is 5.56 Å². The molecule has 1 N–H and O–H groups in total. The number of rotatable bonds is 3. The number of carbonyl (C=O) groups is 1. The Hall–Kier alpha value is -2.12. The minimum atomic E-state index is -0.145. The number of benzene rings is 1. The first-order chi connectivity index (χ1) is 9.20. The summed E-state index contributed by atoms with van der Waals surface area (Å²) >= 11 is 0. The minimum absolute atomic E-state index is 0.0169.